The molecule has 2 fully saturated rings. The average molecular weight is 578 g/mol. The third kappa shape index (κ3) is 6.99. The highest BCUT2D eigenvalue weighted by molar-refractivity contribution is 6.36. The van der Waals surface area contributed by atoms with Crippen LogP contribution in [-0.4, -0.2) is 55.7 Å². The van der Waals surface area contributed by atoms with Crippen LogP contribution in [0.15, 0.2) is 36.7 Å². The molecule has 0 saturated carbocycles. The standard InChI is InChI=1S/C33H44ClN5O2/c1-3-5-18-40-33(41-19-6-4-2)24-13-16-38(17-14-24)30-12-9-25(21-36-30)26-8-7-15-39(23-26)29-11-10-28(34)31-27(20-35)22-37-32(29)31/h9-12,21-22,24,26,33,37H,3-8,13-19,23H2,1-2H3/t26-/m1/s1. The van der Waals surface area contributed by atoms with Crippen molar-refractivity contribution in [2.24, 2.45) is 5.92 Å². The molecule has 2 aliphatic rings. The minimum atomic E-state index is -0.0841. The quantitative estimate of drug-likeness (QED) is 0.176. The summed E-state index contributed by atoms with van der Waals surface area (Å²) in [5.41, 5.74) is 3.93. The molecule has 7 nitrogen and oxygen atoms in total. The summed E-state index contributed by atoms with van der Waals surface area (Å²) in [5, 5.41) is 10.9. The Kier molecular flexibility index (Phi) is 10.4. The van der Waals surface area contributed by atoms with Crippen molar-refractivity contribution in [2.75, 3.05) is 49.2 Å². The van der Waals surface area contributed by atoms with Gasteiger partial charge in [0, 0.05) is 69.0 Å². The molecule has 2 aromatic heterocycles. The van der Waals surface area contributed by atoms with E-state index in [4.69, 9.17) is 26.1 Å². The Hall–Kier alpha value is -2.79. The number of unbranched alkanes of at least 4 members (excludes halogenated alkanes) is 2. The number of nitriles is 1. The van der Waals surface area contributed by atoms with E-state index in [1.807, 2.05) is 6.07 Å². The second-order valence-electron chi connectivity index (χ2n) is 11.5. The number of halogens is 1. The summed E-state index contributed by atoms with van der Waals surface area (Å²) in [4.78, 5) is 13.1. The summed E-state index contributed by atoms with van der Waals surface area (Å²) in [6.07, 6.45) is 12.6. The van der Waals surface area contributed by atoms with Crippen molar-refractivity contribution in [2.45, 2.75) is 77.4 Å². The lowest BCUT2D eigenvalue weighted by Crippen LogP contribution is -2.40. The Labute approximate surface area is 249 Å². The largest absolute Gasteiger partial charge is 0.369 e. The van der Waals surface area contributed by atoms with Crippen LogP contribution in [0.5, 0.6) is 0 Å². The number of H-pyrrole nitrogens is 1. The van der Waals surface area contributed by atoms with Crippen LogP contribution in [0.1, 0.15) is 82.3 Å². The summed E-state index contributed by atoms with van der Waals surface area (Å²) in [6, 6.07) is 10.7. The molecule has 0 aliphatic carbocycles. The first-order chi connectivity index (χ1) is 20.1. The Balaban J connectivity index is 1.20. The molecular formula is C33H44ClN5O2. The van der Waals surface area contributed by atoms with E-state index >= 15 is 0 Å². The van der Waals surface area contributed by atoms with E-state index < -0.39 is 0 Å². The smallest absolute Gasteiger partial charge is 0.160 e. The van der Waals surface area contributed by atoms with Gasteiger partial charge in [-0.1, -0.05) is 44.4 Å². The van der Waals surface area contributed by atoms with Crippen LogP contribution in [0, 0.1) is 17.2 Å². The molecule has 0 bridgehead atoms. The zero-order valence-corrected chi connectivity index (χ0v) is 25.3. The number of ether oxygens (including phenoxy) is 2. The Morgan fingerprint density at radius 1 is 1.02 bits per heavy atom. The first-order valence-electron chi connectivity index (χ1n) is 15.5. The van der Waals surface area contributed by atoms with Crippen molar-refractivity contribution < 1.29 is 9.47 Å². The van der Waals surface area contributed by atoms with Gasteiger partial charge in [0.2, 0.25) is 0 Å². The van der Waals surface area contributed by atoms with Crippen LogP contribution in [0.3, 0.4) is 0 Å². The molecule has 0 unspecified atom stereocenters. The highest BCUT2D eigenvalue weighted by Gasteiger charge is 2.29. The lowest BCUT2D eigenvalue weighted by Gasteiger charge is -2.37. The maximum Gasteiger partial charge on any atom is 0.160 e. The molecule has 1 aromatic carbocycles. The Bertz CT molecular complexity index is 1290. The number of anilines is 2. The minimum Gasteiger partial charge on any atom is -0.369 e. The third-order valence-corrected chi connectivity index (χ3v) is 9.01. The summed E-state index contributed by atoms with van der Waals surface area (Å²) >= 11 is 6.46. The van der Waals surface area contributed by atoms with Crippen LogP contribution in [0.2, 0.25) is 5.02 Å². The third-order valence-electron chi connectivity index (χ3n) is 8.70. The lowest BCUT2D eigenvalue weighted by molar-refractivity contribution is -0.177. The molecule has 0 spiro atoms. The van der Waals surface area contributed by atoms with Gasteiger partial charge < -0.3 is 24.3 Å². The first-order valence-corrected chi connectivity index (χ1v) is 15.9. The van der Waals surface area contributed by atoms with Crippen LogP contribution in [-0.2, 0) is 9.47 Å². The average Bonchev–Trinajstić information content (AvgIpc) is 3.46. The number of pyridine rings is 1. The lowest BCUT2D eigenvalue weighted by atomic mass is 9.91. The number of piperidine rings is 2. The number of rotatable bonds is 12. The molecule has 41 heavy (non-hydrogen) atoms. The van der Waals surface area contributed by atoms with Crippen molar-refractivity contribution in [1.82, 2.24) is 9.97 Å². The zero-order valence-electron chi connectivity index (χ0n) is 24.6. The van der Waals surface area contributed by atoms with Crippen LogP contribution >= 0.6 is 11.6 Å². The van der Waals surface area contributed by atoms with Crippen LogP contribution < -0.4 is 9.80 Å². The first kappa shape index (κ1) is 29.7. The molecule has 220 valence electrons. The van der Waals surface area contributed by atoms with E-state index in [2.05, 4.69) is 59.1 Å². The van der Waals surface area contributed by atoms with E-state index in [1.165, 1.54) is 5.56 Å². The van der Waals surface area contributed by atoms with E-state index in [0.29, 0.717) is 22.4 Å². The number of aromatic amines is 1. The SMILES string of the molecule is CCCCOC(OCCCC)C1CCN(c2ccc([C@@H]3CCCN(c4ccc(Cl)c5c(C#N)c[nH]c45)C3)cn2)CC1. The number of aromatic nitrogens is 2. The van der Waals surface area contributed by atoms with Crippen molar-refractivity contribution in [1.29, 1.82) is 5.26 Å². The highest BCUT2D eigenvalue weighted by Crippen LogP contribution is 2.37. The highest BCUT2D eigenvalue weighted by atomic mass is 35.5. The van der Waals surface area contributed by atoms with Crippen LogP contribution in [0.25, 0.3) is 10.9 Å². The molecule has 5 rings (SSSR count). The monoisotopic (exact) mass is 577 g/mol. The van der Waals surface area contributed by atoms with E-state index in [1.54, 1.807) is 6.20 Å². The van der Waals surface area contributed by atoms with Gasteiger partial charge >= 0.3 is 0 Å². The van der Waals surface area contributed by atoms with Gasteiger partial charge in [-0.3, -0.25) is 0 Å². The molecule has 8 heteroatoms. The van der Waals surface area contributed by atoms with Crippen molar-refractivity contribution in [3.8, 4) is 6.07 Å². The van der Waals surface area contributed by atoms with E-state index in [9.17, 15) is 5.26 Å². The number of benzene rings is 1. The van der Waals surface area contributed by atoms with Crippen molar-refractivity contribution in [3.63, 3.8) is 0 Å². The summed E-state index contributed by atoms with van der Waals surface area (Å²) in [7, 11) is 0. The predicted octanol–water partition coefficient (Wildman–Crippen LogP) is 7.65. The van der Waals surface area contributed by atoms with Gasteiger partial charge in [0.25, 0.3) is 0 Å². The van der Waals surface area contributed by atoms with Gasteiger partial charge in [0.1, 0.15) is 11.9 Å². The number of nitrogens with zero attached hydrogens (tertiary/aromatic N) is 4. The molecule has 1 N–H and O–H groups in total. The summed E-state index contributed by atoms with van der Waals surface area (Å²) in [6.45, 7) is 9.82. The normalized spacial score (nSPS) is 18.4. The molecule has 0 amide bonds. The summed E-state index contributed by atoms with van der Waals surface area (Å²) < 4.78 is 12.4. The number of fused-ring (bicyclic) bond motifs is 1. The van der Waals surface area contributed by atoms with Gasteiger partial charge in [0.05, 0.1) is 21.8 Å². The van der Waals surface area contributed by atoms with Crippen LogP contribution in [0.4, 0.5) is 11.5 Å². The minimum absolute atomic E-state index is 0.0841. The molecule has 2 saturated heterocycles. The van der Waals surface area contributed by atoms with Crippen molar-refractivity contribution >= 4 is 34.0 Å². The van der Waals surface area contributed by atoms with Gasteiger partial charge in [-0.15, -0.1) is 0 Å². The van der Waals surface area contributed by atoms with Gasteiger partial charge in [-0.05, 0) is 62.3 Å². The van der Waals surface area contributed by atoms with E-state index in [-0.39, 0.29) is 6.29 Å². The van der Waals surface area contributed by atoms with Gasteiger partial charge in [0.15, 0.2) is 6.29 Å². The van der Waals surface area contributed by atoms with E-state index in [0.717, 1.165) is 113 Å². The van der Waals surface area contributed by atoms with Crippen molar-refractivity contribution in [3.05, 3.63) is 52.8 Å². The fraction of sp³-hybridized carbons (Fsp3) is 0.576. The molecule has 2 aliphatic heterocycles. The maximum atomic E-state index is 9.51. The maximum absolute atomic E-state index is 9.51. The number of hydrogen-bond acceptors (Lipinski definition) is 6. The number of hydrogen-bond donors (Lipinski definition) is 1. The zero-order chi connectivity index (χ0) is 28.6. The fourth-order valence-corrected chi connectivity index (χ4v) is 6.51. The Morgan fingerprint density at radius 3 is 2.44 bits per heavy atom. The second kappa shape index (κ2) is 14.4. The van der Waals surface area contributed by atoms with Gasteiger partial charge in [-0.2, -0.15) is 5.26 Å². The topological polar surface area (TPSA) is 77.4 Å². The summed E-state index contributed by atoms with van der Waals surface area (Å²) in [5.74, 6) is 1.91. The fourth-order valence-electron chi connectivity index (χ4n) is 6.25. The molecule has 0 radical (unpaired) electrons. The molecule has 1 atom stereocenters. The predicted molar refractivity (Wildman–Crippen MR) is 167 cm³/mol. The molecular weight excluding hydrogens is 534 g/mol. The second-order valence-corrected chi connectivity index (χ2v) is 11.9. The van der Waals surface area contributed by atoms with Gasteiger partial charge in [-0.25, -0.2) is 4.98 Å². The number of nitrogens with one attached hydrogen (secondary N) is 1. The Morgan fingerprint density at radius 2 is 1.78 bits per heavy atom. The molecule has 4 heterocycles. The molecule has 3 aromatic rings.